The van der Waals surface area contributed by atoms with Gasteiger partial charge in [-0.3, -0.25) is 0 Å². The Morgan fingerprint density at radius 3 is 1.96 bits per heavy atom. The van der Waals surface area contributed by atoms with Crippen LogP contribution in [0.25, 0.3) is 31.6 Å². The maximum Gasteiger partial charge on any atom is 0.141 e. The summed E-state index contributed by atoms with van der Waals surface area (Å²) in [5.41, 5.74) is 3.83. The lowest BCUT2D eigenvalue weighted by molar-refractivity contribution is 0.0753. The average molecular weight is 811 g/mol. The number of nitrogens with zero attached hydrogens (tertiary/aromatic N) is 8. The number of likely N-dealkylation sites (tertiary alicyclic amines) is 2. The van der Waals surface area contributed by atoms with Crippen molar-refractivity contribution in [3.63, 3.8) is 0 Å². The van der Waals surface area contributed by atoms with Crippen LogP contribution in [-0.2, 0) is 9.47 Å². The van der Waals surface area contributed by atoms with Gasteiger partial charge in [-0.1, -0.05) is 30.3 Å². The zero-order chi connectivity index (χ0) is 39.0. The minimum Gasteiger partial charge on any atom is -0.381 e. The third-order valence-electron chi connectivity index (χ3n) is 12.9. The molecule has 0 amide bonds. The van der Waals surface area contributed by atoms with Crippen LogP contribution in [-0.4, -0.2) is 122 Å². The molecule has 4 aromatic heterocycles. The standard InChI is InChI=1S/C24H30N4OS.C21H32N4OS/c1-2-6-20(7-3-1)21-17-30-24-22(21)23(25-18-26-24)28-12-8-19(9-13-28)16-29-15-14-27-10-4-5-11-27;1-15-16(2)27-21-19(15)20(22-14-23-21)25-10-6-17(7-11-25)13-26-12-8-18-5-4-9-24(18)3/h1-3,6-7,17-19H,4-5,8-16H2;14,17-18H,4-13H2,1-3H3. The molecule has 0 saturated carbocycles. The van der Waals surface area contributed by atoms with E-state index in [9.17, 15) is 0 Å². The molecule has 0 aliphatic carbocycles. The van der Waals surface area contributed by atoms with Gasteiger partial charge in [0.05, 0.1) is 17.4 Å². The van der Waals surface area contributed by atoms with Crippen LogP contribution in [0.5, 0.6) is 0 Å². The molecular formula is C45H62N8O2S2. The minimum atomic E-state index is 0.660. The largest absolute Gasteiger partial charge is 0.381 e. The maximum absolute atomic E-state index is 6.05. The van der Waals surface area contributed by atoms with Crippen LogP contribution in [0, 0.1) is 25.7 Å². The van der Waals surface area contributed by atoms with Crippen molar-refractivity contribution < 1.29 is 9.47 Å². The molecule has 4 aliphatic rings. The number of aromatic nitrogens is 4. The summed E-state index contributed by atoms with van der Waals surface area (Å²) in [5, 5.41) is 4.68. The van der Waals surface area contributed by atoms with E-state index in [2.05, 4.69) is 91.2 Å². The summed E-state index contributed by atoms with van der Waals surface area (Å²) in [5.74, 6) is 3.57. The normalized spacial score (nSPS) is 20.2. The van der Waals surface area contributed by atoms with Crippen LogP contribution in [0.4, 0.5) is 11.6 Å². The number of hydrogen-bond acceptors (Lipinski definition) is 12. The smallest absolute Gasteiger partial charge is 0.141 e. The van der Waals surface area contributed by atoms with Gasteiger partial charge in [0.25, 0.3) is 0 Å². The first-order chi connectivity index (χ1) is 28.0. The minimum absolute atomic E-state index is 0.660. The molecule has 9 rings (SSSR count). The van der Waals surface area contributed by atoms with Gasteiger partial charge in [-0.2, -0.15) is 0 Å². The van der Waals surface area contributed by atoms with E-state index in [-0.39, 0.29) is 0 Å². The monoisotopic (exact) mass is 810 g/mol. The quantitative estimate of drug-likeness (QED) is 0.108. The van der Waals surface area contributed by atoms with Crippen LogP contribution in [0.3, 0.4) is 0 Å². The lowest BCUT2D eigenvalue weighted by Crippen LogP contribution is -2.36. The van der Waals surface area contributed by atoms with Crippen LogP contribution in [0.2, 0.25) is 0 Å². The molecule has 4 aliphatic heterocycles. The highest BCUT2D eigenvalue weighted by atomic mass is 32.1. The number of rotatable bonds is 13. The van der Waals surface area contributed by atoms with Crippen LogP contribution in [0.1, 0.15) is 68.2 Å². The molecule has 8 heterocycles. The predicted molar refractivity (Wildman–Crippen MR) is 237 cm³/mol. The molecule has 0 N–H and O–H groups in total. The molecule has 0 radical (unpaired) electrons. The Morgan fingerprint density at radius 2 is 1.32 bits per heavy atom. The molecule has 1 unspecified atom stereocenters. The molecule has 12 heteroatoms. The molecule has 5 aromatic rings. The summed E-state index contributed by atoms with van der Waals surface area (Å²) >= 11 is 3.49. The number of fused-ring (bicyclic) bond motifs is 2. The Balaban J connectivity index is 0.000000161. The number of thiophene rings is 2. The summed E-state index contributed by atoms with van der Waals surface area (Å²) in [7, 11) is 2.24. The van der Waals surface area contributed by atoms with E-state index in [1.54, 1.807) is 35.3 Å². The molecule has 10 nitrogen and oxygen atoms in total. The summed E-state index contributed by atoms with van der Waals surface area (Å²) in [4.78, 5) is 31.8. The predicted octanol–water partition coefficient (Wildman–Crippen LogP) is 8.71. The van der Waals surface area contributed by atoms with Crippen molar-refractivity contribution in [1.82, 2.24) is 29.7 Å². The van der Waals surface area contributed by atoms with Crippen LogP contribution < -0.4 is 9.80 Å². The number of benzene rings is 1. The number of hydrogen-bond donors (Lipinski definition) is 0. The Hall–Kier alpha value is -3.26. The Kier molecular flexibility index (Phi) is 14.0. The van der Waals surface area contributed by atoms with E-state index in [1.165, 1.54) is 110 Å². The van der Waals surface area contributed by atoms with Gasteiger partial charge in [-0.15, -0.1) is 22.7 Å². The topological polar surface area (TPSA) is 83.0 Å². The van der Waals surface area contributed by atoms with E-state index < -0.39 is 0 Å². The van der Waals surface area contributed by atoms with Crippen molar-refractivity contribution in [2.75, 3.05) is 95.6 Å². The van der Waals surface area contributed by atoms with Gasteiger partial charge in [0.1, 0.15) is 34.0 Å². The third kappa shape index (κ3) is 9.96. The van der Waals surface area contributed by atoms with Gasteiger partial charge >= 0.3 is 0 Å². The molecule has 1 atom stereocenters. The average Bonchev–Trinajstić information content (AvgIpc) is 4.08. The fourth-order valence-corrected chi connectivity index (χ4v) is 11.1. The second kappa shape index (κ2) is 19.7. The summed E-state index contributed by atoms with van der Waals surface area (Å²) < 4.78 is 12.1. The van der Waals surface area contributed by atoms with Gasteiger partial charge in [-0.05, 0) is 121 Å². The molecule has 57 heavy (non-hydrogen) atoms. The fraction of sp³-hybridized carbons (Fsp3) is 0.600. The van der Waals surface area contributed by atoms with Gasteiger partial charge < -0.3 is 29.1 Å². The fourth-order valence-electron chi connectivity index (χ4n) is 9.22. The second-order valence-electron chi connectivity index (χ2n) is 16.7. The first-order valence-electron chi connectivity index (χ1n) is 21.6. The van der Waals surface area contributed by atoms with Gasteiger partial charge in [0.15, 0.2) is 0 Å². The molecule has 0 bridgehead atoms. The number of anilines is 2. The van der Waals surface area contributed by atoms with Crippen molar-refractivity contribution in [2.45, 2.75) is 77.7 Å². The molecule has 4 fully saturated rings. The van der Waals surface area contributed by atoms with Gasteiger partial charge in [0.2, 0.25) is 0 Å². The molecule has 4 saturated heterocycles. The molecular weight excluding hydrogens is 749 g/mol. The van der Waals surface area contributed by atoms with Crippen molar-refractivity contribution >= 4 is 54.7 Å². The van der Waals surface area contributed by atoms with Crippen LogP contribution in [0.15, 0.2) is 48.4 Å². The van der Waals surface area contributed by atoms with Gasteiger partial charge in [0, 0.05) is 74.4 Å². The second-order valence-corrected chi connectivity index (χ2v) is 18.7. The number of aryl methyl sites for hydroxylation is 2. The number of piperidine rings is 2. The van der Waals surface area contributed by atoms with E-state index in [0.717, 1.165) is 86.5 Å². The summed E-state index contributed by atoms with van der Waals surface area (Å²) in [6, 6.07) is 11.3. The van der Waals surface area contributed by atoms with Crippen molar-refractivity contribution in [1.29, 1.82) is 0 Å². The van der Waals surface area contributed by atoms with Crippen LogP contribution >= 0.6 is 22.7 Å². The lowest BCUT2D eigenvalue weighted by atomic mass is 9.97. The summed E-state index contributed by atoms with van der Waals surface area (Å²) in [6.07, 6.45) is 14.7. The zero-order valence-corrected chi connectivity index (χ0v) is 36.0. The highest BCUT2D eigenvalue weighted by Gasteiger charge is 2.26. The first kappa shape index (κ1) is 40.5. The van der Waals surface area contributed by atoms with Gasteiger partial charge in [-0.25, -0.2) is 19.9 Å². The highest BCUT2D eigenvalue weighted by Crippen LogP contribution is 2.39. The molecule has 306 valence electrons. The number of ether oxygens (including phenoxy) is 2. The van der Waals surface area contributed by atoms with Crippen molar-refractivity contribution in [3.8, 4) is 11.1 Å². The van der Waals surface area contributed by atoms with Crippen molar-refractivity contribution in [3.05, 3.63) is 58.8 Å². The van der Waals surface area contributed by atoms with E-state index in [0.29, 0.717) is 11.8 Å². The summed E-state index contributed by atoms with van der Waals surface area (Å²) in [6.45, 7) is 17.0. The third-order valence-corrected chi connectivity index (χ3v) is 14.9. The Morgan fingerprint density at radius 1 is 0.684 bits per heavy atom. The molecule has 1 aromatic carbocycles. The van der Waals surface area contributed by atoms with E-state index in [1.807, 2.05) is 0 Å². The first-order valence-corrected chi connectivity index (χ1v) is 23.3. The zero-order valence-electron chi connectivity index (χ0n) is 34.4. The van der Waals surface area contributed by atoms with E-state index >= 15 is 0 Å². The Bertz CT molecular complexity index is 2000. The molecule has 0 spiro atoms. The van der Waals surface area contributed by atoms with E-state index in [4.69, 9.17) is 14.5 Å². The highest BCUT2D eigenvalue weighted by molar-refractivity contribution is 7.19. The lowest BCUT2D eigenvalue weighted by Gasteiger charge is -2.33. The Labute approximate surface area is 347 Å². The maximum atomic E-state index is 6.05. The van der Waals surface area contributed by atoms with Crippen molar-refractivity contribution in [2.24, 2.45) is 11.8 Å². The SMILES string of the molecule is Cc1sc2ncnc(N3CCC(COCCC4CCCN4C)CC3)c2c1C.c1ccc(-c2csc3ncnc(N4CCC(COCCN5CCCC5)CC4)c23)cc1.